The zero-order valence-electron chi connectivity index (χ0n) is 18.3. The molecule has 0 radical (unpaired) electrons. The summed E-state index contributed by atoms with van der Waals surface area (Å²) in [6.07, 6.45) is 3.27. The molecule has 0 fully saturated rings. The topological polar surface area (TPSA) is 87.2 Å². The Hall–Kier alpha value is -2.99. The van der Waals surface area contributed by atoms with Gasteiger partial charge in [0.1, 0.15) is 11.9 Å². The number of ether oxygens (including phenoxy) is 1. The Morgan fingerprint density at radius 2 is 1.77 bits per heavy atom. The number of para-hydroxylation sites is 1. The molecule has 164 valence electrons. The number of hydrogen-bond acceptors (Lipinski definition) is 4. The van der Waals surface area contributed by atoms with Crippen molar-refractivity contribution >= 4 is 16.8 Å². The van der Waals surface area contributed by atoms with Crippen LogP contribution >= 0.6 is 0 Å². The molecule has 0 aliphatic carbocycles. The van der Waals surface area contributed by atoms with Crippen molar-refractivity contribution in [1.29, 1.82) is 0 Å². The first-order valence-electron chi connectivity index (χ1n) is 11.0. The SMILES string of the molecule is CCCOC(Cc1ccc(CCCc2nc3ccccc3c(=O)n2CC)cc1)C(N)=O. The number of benzene rings is 2. The quantitative estimate of drug-likeness (QED) is 0.514. The summed E-state index contributed by atoms with van der Waals surface area (Å²) >= 11 is 0. The number of primary amides is 1. The summed E-state index contributed by atoms with van der Waals surface area (Å²) in [5, 5.41) is 0.667. The van der Waals surface area contributed by atoms with Gasteiger partial charge in [-0.1, -0.05) is 43.3 Å². The van der Waals surface area contributed by atoms with Crippen LogP contribution in [0.1, 0.15) is 43.6 Å². The van der Waals surface area contributed by atoms with Crippen molar-refractivity contribution in [1.82, 2.24) is 9.55 Å². The van der Waals surface area contributed by atoms with Gasteiger partial charge < -0.3 is 10.5 Å². The minimum atomic E-state index is -0.587. The number of rotatable bonds is 11. The Morgan fingerprint density at radius 3 is 2.45 bits per heavy atom. The maximum atomic E-state index is 12.7. The highest BCUT2D eigenvalue weighted by Crippen LogP contribution is 2.13. The number of nitrogens with two attached hydrogens (primary N) is 1. The van der Waals surface area contributed by atoms with Crippen LogP contribution in [0.5, 0.6) is 0 Å². The normalized spacial score (nSPS) is 12.2. The highest BCUT2D eigenvalue weighted by atomic mass is 16.5. The summed E-state index contributed by atoms with van der Waals surface area (Å²) in [6, 6.07) is 15.7. The molecular weight excluding hydrogens is 390 g/mol. The minimum absolute atomic E-state index is 0.0294. The Balaban J connectivity index is 1.62. The zero-order chi connectivity index (χ0) is 22.2. The van der Waals surface area contributed by atoms with Gasteiger partial charge in [-0.05, 0) is 49.4 Å². The summed E-state index contributed by atoms with van der Waals surface area (Å²) in [5.74, 6) is 0.405. The highest BCUT2D eigenvalue weighted by Gasteiger charge is 2.16. The Bertz CT molecular complexity index is 1070. The van der Waals surface area contributed by atoms with Gasteiger partial charge in [-0.15, -0.1) is 0 Å². The Labute approximate surface area is 183 Å². The lowest BCUT2D eigenvalue weighted by Gasteiger charge is -2.14. The molecule has 3 aromatic rings. The average molecular weight is 422 g/mol. The third kappa shape index (κ3) is 5.79. The Morgan fingerprint density at radius 1 is 1.06 bits per heavy atom. The molecule has 1 heterocycles. The number of fused-ring (bicyclic) bond motifs is 1. The fourth-order valence-electron chi connectivity index (χ4n) is 3.74. The van der Waals surface area contributed by atoms with Crippen molar-refractivity contribution in [3.8, 4) is 0 Å². The lowest BCUT2D eigenvalue weighted by molar-refractivity contribution is -0.129. The smallest absolute Gasteiger partial charge is 0.261 e. The number of carbonyl (C=O) groups is 1. The number of aromatic nitrogens is 2. The second-order valence-corrected chi connectivity index (χ2v) is 7.73. The zero-order valence-corrected chi connectivity index (χ0v) is 18.3. The van der Waals surface area contributed by atoms with Crippen LogP contribution in [-0.4, -0.2) is 28.2 Å². The van der Waals surface area contributed by atoms with Gasteiger partial charge in [-0.3, -0.25) is 14.2 Å². The summed E-state index contributed by atoms with van der Waals surface area (Å²) in [7, 11) is 0. The lowest BCUT2D eigenvalue weighted by Crippen LogP contribution is -2.33. The summed E-state index contributed by atoms with van der Waals surface area (Å²) < 4.78 is 7.32. The van der Waals surface area contributed by atoms with Gasteiger partial charge in [-0.2, -0.15) is 0 Å². The van der Waals surface area contributed by atoms with E-state index >= 15 is 0 Å². The van der Waals surface area contributed by atoms with E-state index in [0.717, 1.165) is 42.6 Å². The van der Waals surface area contributed by atoms with E-state index in [9.17, 15) is 9.59 Å². The van der Waals surface area contributed by atoms with Gasteiger partial charge in [0, 0.05) is 26.0 Å². The molecule has 3 rings (SSSR count). The van der Waals surface area contributed by atoms with Gasteiger partial charge in [-0.25, -0.2) is 4.98 Å². The third-order valence-corrected chi connectivity index (χ3v) is 5.41. The number of carbonyl (C=O) groups excluding carboxylic acids is 1. The van der Waals surface area contributed by atoms with Crippen molar-refractivity contribution in [2.75, 3.05) is 6.61 Å². The van der Waals surface area contributed by atoms with Crippen LogP contribution in [-0.2, 0) is 35.3 Å². The highest BCUT2D eigenvalue weighted by molar-refractivity contribution is 5.79. The van der Waals surface area contributed by atoms with E-state index in [2.05, 4.69) is 12.1 Å². The number of hydrogen-bond donors (Lipinski definition) is 1. The summed E-state index contributed by atoms with van der Waals surface area (Å²) in [6.45, 7) is 5.11. The molecule has 0 aliphatic heterocycles. The Kier molecular flexibility index (Phi) is 7.95. The summed E-state index contributed by atoms with van der Waals surface area (Å²) in [4.78, 5) is 29.0. The average Bonchev–Trinajstić information content (AvgIpc) is 2.77. The molecule has 6 heteroatoms. The first kappa shape index (κ1) is 22.7. The van der Waals surface area contributed by atoms with Gasteiger partial charge in [0.15, 0.2) is 0 Å². The summed E-state index contributed by atoms with van der Waals surface area (Å²) in [5.41, 5.74) is 8.47. The standard InChI is InChI=1S/C25H31N3O3/c1-3-16-31-22(24(26)29)17-19-14-12-18(13-15-19)8-7-11-23-27-21-10-6-5-9-20(21)25(30)28(23)4-2/h5-6,9-10,12-15,22H,3-4,7-8,11,16-17H2,1-2H3,(H2,26,29). The van der Waals surface area contributed by atoms with Gasteiger partial charge in [0.25, 0.3) is 5.56 Å². The predicted octanol–water partition coefficient (Wildman–Crippen LogP) is 3.41. The second-order valence-electron chi connectivity index (χ2n) is 7.73. The monoisotopic (exact) mass is 421 g/mol. The number of amides is 1. The fourth-order valence-corrected chi connectivity index (χ4v) is 3.74. The molecule has 2 N–H and O–H groups in total. The van der Waals surface area contributed by atoms with E-state index in [1.165, 1.54) is 5.56 Å². The van der Waals surface area contributed by atoms with Crippen LogP contribution in [0.3, 0.4) is 0 Å². The number of aryl methyl sites for hydroxylation is 2. The molecule has 1 aromatic heterocycles. The van der Waals surface area contributed by atoms with Crippen molar-refractivity contribution in [3.63, 3.8) is 0 Å². The van der Waals surface area contributed by atoms with Gasteiger partial charge >= 0.3 is 0 Å². The van der Waals surface area contributed by atoms with E-state index < -0.39 is 12.0 Å². The molecule has 31 heavy (non-hydrogen) atoms. The first-order chi connectivity index (χ1) is 15.0. The molecule has 0 bridgehead atoms. The molecule has 0 aliphatic rings. The first-order valence-corrected chi connectivity index (χ1v) is 11.0. The third-order valence-electron chi connectivity index (χ3n) is 5.41. The van der Waals surface area contributed by atoms with Crippen LogP contribution in [0.25, 0.3) is 10.9 Å². The van der Waals surface area contributed by atoms with Crippen LogP contribution in [0, 0.1) is 0 Å². The van der Waals surface area contributed by atoms with Crippen LogP contribution in [0.2, 0.25) is 0 Å². The van der Waals surface area contributed by atoms with Crippen LogP contribution in [0.15, 0.2) is 53.3 Å². The van der Waals surface area contributed by atoms with E-state index in [0.29, 0.717) is 25.0 Å². The van der Waals surface area contributed by atoms with Crippen LogP contribution in [0.4, 0.5) is 0 Å². The van der Waals surface area contributed by atoms with E-state index in [1.54, 1.807) is 4.57 Å². The fraction of sp³-hybridized carbons (Fsp3) is 0.400. The van der Waals surface area contributed by atoms with E-state index in [-0.39, 0.29) is 5.56 Å². The molecule has 1 amide bonds. The van der Waals surface area contributed by atoms with Crippen LogP contribution < -0.4 is 11.3 Å². The molecule has 0 spiro atoms. The maximum absolute atomic E-state index is 12.7. The molecule has 0 saturated heterocycles. The van der Waals surface area contributed by atoms with Crippen molar-refractivity contribution in [2.45, 2.75) is 58.6 Å². The largest absolute Gasteiger partial charge is 0.368 e. The maximum Gasteiger partial charge on any atom is 0.261 e. The van der Waals surface area contributed by atoms with Crippen molar-refractivity contribution in [3.05, 3.63) is 75.8 Å². The molecule has 2 aromatic carbocycles. The molecule has 1 atom stereocenters. The second kappa shape index (κ2) is 10.9. The van der Waals surface area contributed by atoms with Gasteiger partial charge in [0.2, 0.25) is 5.91 Å². The molecule has 6 nitrogen and oxygen atoms in total. The van der Waals surface area contributed by atoms with E-state index in [4.69, 9.17) is 15.5 Å². The van der Waals surface area contributed by atoms with Gasteiger partial charge in [0.05, 0.1) is 10.9 Å². The molecule has 0 saturated carbocycles. The molecule has 1 unspecified atom stereocenters. The number of nitrogens with zero attached hydrogens (tertiary/aromatic N) is 2. The van der Waals surface area contributed by atoms with Crippen molar-refractivity contribution in [2.24, 2.45) is 5.73 Å². The van der Waals surface area contributed by atoms with Crippen molar-refractivity contribution < 1.29 is 9.53 Å². The lowest BCUT2D eigenvalue weighted by atomic mass is 10.0. The minimum Gasteiger partial charge on any atom is -0.368 e. The molecular formula is C25H31N3O3. The predicted molar refractivity (Wildman–Crippen MR) is 123 cm³/mol. The van der Waals surface area contributed by atoms with E-state index in [1.807, 2.05) is 50.2 Å².